The number of hydrogen-bond acceptors (Lipinski definition) is 7. The molecule has 3 aromatic rings. The SMILES string of the molecule is Cc1cc(C#N)c(F)c(Oc2c(C(F)(F)C(F)F)ncn(Cc3cc(Br)c(OCCO)c[n+]3O)c2=O)c1. The van der Waals surface area contributed by atoms with E-state index in [1.807, 2.05) is 0 Å². The van der Waals surface area contributed by atoms with Crippen molar-refractivity contribution in [3.8, 4) is 23.3 Å². The number of pyridine rings is 1. The first-order valence-corrected chi connectivity index (χ1v) is 11.0. The van der Waals surface area contributed by atoms with Gasteiger partial charge in [0.1, 0.15) is 19.2 Å². The summed E-state index contributed by atoms with van der Waals surface area (Å²) < 4.78 is 81.3. The summed E-state index contributed by atoms with van der Waals surface area (Å²) in [6, 6.07) is 4.94. The molecule has 2 heterocycles. The summed E-state index contributed by atoms with van der Waals surface area (Å²) >= 11 is 3.17. The lowest BCUT2D eigenvalue weighted by Gasteiger charge is -2.19. The Hall–Kier alpha value is -3.77. The molecule has 0 aliphatic heterocycles. The maximum Gasteiger partial charge on any atom is 0.352 e. The van der Waals surface area contributed by atoms with Crippen molar-refractivity contribution in [2.24, 2.45) is 0 Å². The highest BCUT2D eigenvalue weighted by Crippen LogP contribution is 2.39. The molecule has 0 aliphatic rings. The number of rotatable bonds is 9. The van der Waals surface area contributed by atoms with Crippen molar-refractivity contribution in [2.75, 3.05) is 13.2 Å². The average molecular weight is 592 g/mol. The molecule has 196 valence electrons. The lowest BCUT2D eigenvalue weighted by atomic mass is 10.1. The summed E-state index contributed by atoms with van der Waals surface area (Å²) in [5.74, 6) is -8.36. The van der Waals surface area contributed by atoms with Gasteiger partial charge in [0, 0.05) is 10.8 Å². The quantitative estimate of drug-likeness (QED) is 0.222. The lowest BCUT2D eigenvalue weighted by molar-refractivity contribution is -0.910. The number of aliphatic hydroxyl groups excluding tert-OH is 1. The van der Waals surface area contributed by atoms with Gasteiger partial charge >= 0.3 is 12.3 Å². The van der Waals surface area contributed by atoms with E-state index in [4.69, 9.17) is 19.8 Å². The van der Waals surface area contributed by atoms with E-state index < -0.39 is 53.0 Å². The predicted octanol–water partition coefficient (Wildman–Crippen LogP) is 3.42. The molecule has 3 rings (SSSR count). The Bertz CT molecular complexity index is 1430. The van der Waals surface area contributed by atoms with Crippen LogP contribution in [0.25, 0.3) is 0 Å². The highest BCUT2D eigenvalue weighted by atomic mass is 79.9. The molecule has 2 N–H and O–H groups in total. The van der Waals surface area contributed by atoms with Gasteiger partial charge in [0.05, 0.1) is 23.0 Å². The number of aromatic nitrogens is 3. The van der Waals surface area contributed by atoms with E-state index in [2.05, 4.69) is 20.9 Å². The van der Waals surface area contributed by atoms with Crippen LogP contribution in [-0.4, -0.2) is 39.5 Å². The molecule has 0 atom stereocenters. The van der Waals surface area contributed by atoms with E-state index in [1.54, 1.807) is 0 Å². The molecule has 0 unspecified atom stereocenters. The zero-order chi connectivity index (χ0) is 27.5. The Morgan fingerprint density at radius 3 is 2.62 bits per heavy atom. The first kappa shape index (κ1) is 27.8. The van der Waals surface area contributed by atoms with Crippen molar-refractivity contribution >= 4 is 15.9 Å². The van der Waals surface area contributed by atoms with Crippen LogP contribution in [0.4, 0.5) is 22.0 Å². The van der Waals surface area contributed by atoms with Crippen molar-refractivity contribution in [2.45, 2.75) is 25.8 Å². The van der Waals surface area contributed by atoms with Gasteiger partial charge in [-0.05, 0) is 40.5 Å². The number of halogens is 6. The minimum absolute atomic E-state index is 0.0278. The van der Waals surface area contributed by atoms with Gasteiger partial charge in [0.25, 0.3) is 17.5 Å². The second-order valence-corrected chi connectivity index (χ2v) is 8.37. The minimum atomic E-state index is -4.95. The molecular formula is C22H17BrF5N4O5+. The fraction of sp³-hybridized carbons (Fsp3) is 0.273. The number of ether oxygens (including phenoxy) is 2. The average Bonchev–Trinajstić information content (AvgIpc) is 2.84. The third-order valence-electron chi connectivity index (χ3n) is 4.85. The first-order chi connectivity index (χ1) is 17.4. The van der Waals surface area contributed by atoms with E-state index in [0.717, 1.165) is 18.3 Å². The van der Waals surface area contributed by atoms with Crippen LogP contribution in [0.1, 0.15) is 22.5 Å². The Balaban J connectivity index is 2.14. The number of nitriles is 1. The van der Waals surface area contributed by atoms with Crippen LogP contribution < -0.4 is 19.8 Å². The summed E-state index contributed by atoms with van der Waals surface area (Å²) in [6.45, 7) is 0.494. The lowest BCUT2D eigenvalue weighted by Crippen LogP contribution is -2.38. The molecule has 0 saturated carbocycles. The number of hydrogen-bond donors (Lipinski definition) is 2. The van der Waals surface area contributed by atoms with E-state index in [9.17, 15) is 32.0 Å². The van der Waals surface area contributed by atoms with Crippen molar-refractivity contribution in [3.63, 3.8) is 0 Å². The third-order valence-corrected chi connectivity index (χ3v) is 5.47. The topological polar surface area (TPSA) is 121 Å². The Kier molecular flexibility index (Phi) is 8.34. The molecule has 0 amide bonds. The molecule has 0 bridgehead atoms. The smallest absolute Gasteiger partial charge is 0.352 e. The molecular weight excluding hydrogens is 575 g/mol. The van der Waals surface area contributed by atoms with Gasteiger partial charge in [-0.1, -0.05) is 0 Å². The van der Waals surface area contributed by atoms with Crippen molar-refractivity contribution in [1.29, 1.82) is 5.26 Å². The fourth-order valence-electron chi connectivity index (χ4n) is 3.11. The summed E-state index contributed by atoms with van der Waals surface area (Å²) in [6.07, 6.45) is -2.66. The summed E-state index contributed by atoms with van der Waals surface area (Å²) in [7, 11) is 0. The first-order valence-electron chi connectivity index (χ1n) is 10.2. The van der Waals surface area contributed by atoms with Gasteiger partial charge in [-0.25, -0.2) is 18.2 Å². The van der Waals surface area contributed by atoms with E-state index in [1.165, 1.54) is 19.1 Å². The Morgan fingerprint density at radius 2 is 2.00 bits per heavy atom. The number of aliphatic hydroxyl groups is 1. The molecule has 37 heavy (non-hydrogen) atoms. The number of nitrogens with zero attached hydrogens (tertiary/aromatic N) is 4. The monoisotopic (exact) mass is 591 g/mol. The summed E-state index contributed by atoms with van der Waals surface area (Å²) in [5, 5.41) is 28.2. The molecule has 2 aromatic heterocycles. The molecule has 15 heteroatoms. The van der Waals surface area contributed by atoms with Gasteiger partial charge in [-0.15, -0.1) is 0 Å². The molecule has 0 fully saturated rings. The fourth-order valence-corrected chi connectivity index (χ4v) is 3.59. The van der Waals surface area contributed by atoms with E-state index >= 15 is 0 Å². The zero-order valence-electron chi connectivity index (χ0n) is 18.8. The number of aryl methyl sites for hydroxylation is 1. The Labute approximate surface area is 213 Å². The molecule has 0 radical (unpaired) electrons. The maximum atomic E-state index is 14.6. The van der Waals surface area contributed by atoms with Gasteiger partial charge < -0.3 is 14.6 Å². The molecule has 0 spiro atoms. The third kappa shape index (κ3) is 5.81. The normalized spacial score (nSPS) is 11.5. The molecule has 0 saturated heterocycles. The minimum Gasteiger partial charge on any atom is -0.484 e. The maximum absolute atomic E-state index is 14.6. The van der Waals surface area contributed by atoms with Crippen molar-refractivity contribution < 1.29 is 46.5 Å². The van der Waals surface area contributed by atoms with Gasteiger partial charge in [-0.2, -0.15) is 14.0 Å². The largest absolute Gasteiger partial charge is 0.484 e. The Morgan fingerprint density at radius 1 is 1.30 bits per heavy atom. The van der Waals surface area contributed by atoms with E-state index in [-0.39, 0.29) is 34.7 Å². The van der Waals surface area contributed by atoms with Crippen LogP contribution >= 0.6 is 15.9 Å². The van der Waals surface area contributed by atoms with Crippen molar-refractivity contribution in [3.05, 3.63) is 73.9 Å². The summed E-state index contributed by atoms with van der Waals surface area (Å²) in [5.41, 5.74) is -3.44. The van der Waals surface area contributed by atoms with Crippen LogP contribution in [0.5, 0.6) is 17.2 Å². The second-order valence-electron chi connectivity index (χ2n) is 7.51. The predicted molar refractivity (Wildman–Crippen MR) is 118 cm³/mol. The molecule has 1 aromatic carbocycles. The number of benzene rings is 1. The highest BCUT2D eigenvalue weighted by Gasteiger charge is 2.48. The van der Waals surface area contributed by atoms with Crippen LogP contribution in [0, 0.1) is 24.1 Å². The van der Waals surface area contributed by atoms with Crippen molar-refractivity contribution in [1.82, 2.24) is 9.55 Å². The highest BCUT2D eigenvalue weighted by molar-refractivity contribution is 9.10. The van der Waals surface area contributed by atoms with Gasteiger partial charge in [-0.3, -0.25) is 14.6 Å². The molecule has 9 nitrogen and oxygen atoms in total. The summed E-state index contributed by atoms with van der Waals surface area (Å²) in [4.78, 5) is 16.4. The standard InChI is InChI=1S/C22H17BrF5N4O5/c1-11-4-12(7-29)17(24)15(5-11)37-18-19(22(27,28)21(25)26)30-10-31(20(18)34)8-13-6-14(23)16(9-32(13)35)36-3-2-33/h4-6,9-10,21,33,35H,2-3,8H2,1H3/q+1. The van der Waals surface area contributed by atoms with E-state index in [0.29, 0.717) is 15.6 Å². The van der Waals surface area contributed by atoms with Gasteiger partial charge in [0.2, 0.25) is 11.5 Å². The van der Waals surface area contributed by atoms with Crippen LogP contribution in [0.3, 0.4) is 0 Å². The van der Waals surface area contributed by atoms with Crippen LogP contribution in [-0.2, 0) is 12.5 Å². The number of alkyl halides is 4. The van der Waals surface area contributed by atoms with Crippen LogP contribution in [0.15, 0.2) is 40.0 Å². The zero-order valence-corrected chi connectivity index (χ0v) is 20.3. The second kappa shape index (κ2) is 11.1. The molecule has 0 aliphatic carbocycles. The van der Waals surface area contributed by atoms with Gasteiger partial charge in [0.15, 0.2) is 17.3 Å². The van der Waals surface area contributed by atoms with Crippen LogP contribution in [0.2, 0.25) is 0 Å².